The van der Waals surface area contributed by atoms with E-state index in [9.17, 15) is 23.3 Å². The second-order valence-electron chi connectivity index (χ2n) is 6.47. The number of nitrogens with zero attached hydrogens (tertiary/aromatic N) is 1. The van der Waals surface area contributed by atoms with Gasteiger partial charge in [-0.2, -0.15) is 0 Å². The lowest BCUT2D eigenvalue weighted by Gasteiger charge is -2.10. The number of anilines is 1. The highest BCUT2D eigenvalue weighted by atomic mass is 32.2. The number of amides is 1. The molecule has 0 saturated carbocycles. The van der Waals surface area contributed by atoms with Gasteiger partial charge in [0.2, 0.25) is 0 Å². The van der Waals surface area contributed by atoms with Crippen molar-refractivity contribution < 1.29 is 22.6 Å². The summed E-state index contributed by atoms with van der Waals surface area (Å²) in [5.41, 5.74) is 0.675. The Balaban J connectivity index is 1.65. The Labute approximate surface area is 172 Å². The van der Waals surface area contributed by atoms with Crippen LogP contribution in [-0.2, 0) is 16.4 Å². The molecule has 0 atom stereocenters. The summed E-state index contributed by atoms with van der Waals surface area (Å²) in [6, 6.07) is 13.1. The molecule has 1 aromatic heterocycles. The number of nitro groups is 1. The van der Waals surface area contributed by atoms with E-state index in [4.69, 9.17) is 4.42 Å². The highest BCUT2D eigenvalue weighted by Gasteiger charge is 2.20. The molecule has 3 aromatic rings. The van der Waals surface area contributed by atoms with Crippen LogP contribution >= 0.6 is 0 Å². The molecule has 0 radical (unpaired) electrons. The second-order valence-corrected chi connectivity index (χ2v) is 8.16. The molecule has 2 N–H and O–H groups in total. The molecule has 10 heteroatoms. The molecular weight excluding hydrogens is 410 g/mol. The fourth-order valence-electron chi connectivity index (χ4n) is 2.71. The van der Waals surface area contributed by atoms with Crippen LogP contribution in [0.4, 0.5) is 11.4 Å². The van der Waals surface area contributed by atoms with Crippen LogP contribution in [0.2, 0.25) is 0 Å². The molecule has 0 bridgehead atoms. The highest BCUT2D eigenvalue weighted by Crippen LogP contribution is 2.24. The first-order chi connectivity index (χ1) is 14.3. The molecule has 0 aliphatic carbocycles. The Morgan fingerprint density at radius 2 is 1.87 bits per heavy atom. The summed E-state index contributed by atoms with van der Waals surface area (Å²) in [6.07, 6.45) is 2.12. The van der Waals surface area contributed by atoms with Crippen molar-refractivity contribution in [1.29, 1.82) is 0 Å². The van der Waals surface area contributed by atoms with Crippen LogP contribution in [0.5, 0.6) is 0 Å². The number of furan rings is 1. The van der Waals surface area contributed by atoms with E-state index in [0.717, 1.165) is 11.8 Å². The van der Waals surface area contributed by atoms with Crippen molar-refractivity contribution >= 4 is 27.3 Å². The predicted molar refractivity (Wildman–Crippen MR) is 110 cm³/mol. The molecule has 0 saturated heterocycles. The average Bonchev–Trinajstić information content (AvgIpc) is 3.21. The van der Waals surface area contributed by atoms with Gasteiger partial charge in [0.1, 0.15) is 5.76 Å². The molecule has 9 nitrogen and oxygen atoms in total. The van der Waals surface area contributed by atoms with Crippen molar-refractivity contribution in [2.45, 2.75) is 18.2 Å². The minimum atomic E-state index is -4.02. The van der Waals surface area contributed by atoms with E-state index in [1.54, 1.807) is 12.3 Å². The third-order valence-electron chi connectivity index (χ3n) is 4.32. The summed E-state index contributed by atoms with van der Waals surface area (Å²) < 4.78 is 32.6. The molecule has 0 aliphatic heterocycles. The number of hydrogen-bond donors (Lipinski definition) is 2. The lowest BCUT2D eigenvalue weighted by atomic mass is 10.2. The summed E-state index contributed by atoms with van der Waals surface area (Å²) in [7, 11) is -4.02. The molecular formula is C20H19N3O6S. The molecule has 2 aromatic carbocycles. The third-order valence-corrected chi connectivity index (χ3v) is 5.70. The van der Waals surface area contributed by atoms with E-state index in [2.05, 4.69) is 10.0 Å². The zero-order chi connectivity index (χ0) is 21.7. The number of nitrogens with one attached hydrogen (secondary N) is 2. The first kappa shape index (κ1) is 21.1. The van der Waals surface area contributed by atoms with Crippen LogP contribution in [0.1, 0.15) is 21.7 Å². The molecule has 3 rings (SSSR count). The van der Waals surface area contributed by atoms with Gasteiger partial charge in [0.05, 0.1) is 16.1 Å². The quantitative estimate of drug-likeness (QED) is 0.417. The van der Waals surface area contributed by atoms with Crippen LogP contribution in [0.3, 0.4) is 0 Å². The van der Waals surface area contributed by atoms with Gasteiger partial charge in [-0.25, -0.2) is 8.42 Å². The van der Waals surface area contributed by atoms with Crippen molar-refractivity contribution in [3.8, 4) is 0 Å². The van der Waals surface area contributed by atoms with Crippen LogP contribution in [0.15, 0.2) is 70.2 Å². The topological polar surface area (TPSA) is 132 Å². The molecule has 0 unspecified atom stereocenters. The lowest BCUT2D eigenvalue weighted by Crippen LogP contribution is -2.25. The number of benzene rings is 2. The largest absolute Gasteiger partial charge is 0.469 e. The van der Waals surface area contributed by atoms with Crippen molar-refractivity contribution in [3.05, 3.63) is 87.9 Å². The Morgan fingerprint density at radius 1 is 1.13 bits per heavy atom. The molecule has 0 spiro atoms. The summed E-state index contributed by atoms with van der Waals surface area (Å²) in [5, 5.41) is 13.8. The maximum Gasteiger partial charge on any atom is 0.273 e. The van der Waals surface area contributed by atoms with Gasteiger partial charge in [-0.05, 0) is 49.4 Å². The average molecular weight is 429 g/mol. The molecule has 0 fully saturated rings. The minimum absolute atomic E-state index is 0.223. The lowest BCUT2D eigenvalue weighted by molar-refractivity contribution is -0.385. The number of aryl methyl sites for hydroxylation is 1. The van der Waals surface area contributed by atoms with E-state index in [1.165, 1.54) is 43.3 Å². The Hall–Kier alpha value is -3.66. The van der Waals surface area contributed by atoms with E-state index < -0.39 is 14.9 Å². The maximum atomic E-state index is 12.5. The van der Waals surface area contributed by atoms with Gasteiger partial charge in [0, 0.05) is 35.8 Å². The molecule has 156 valence electrons. The van der Waals surface area contributed by atoms with Crippen LogP contribution in [-0.4, -0.2) is 25.8 Å². The summed E-state index contributed by atoms with van der Waals surface area (Å²) in [6.45, 7) is 1.92. The normalized spacial score (nSPS) is 11.1. The van der Waals surface area contributed by atoms with E-state index in [-0.39, 0.29) is 22.2 Å². The molecule has 1 heterocycles. The van der Waals surface area contributed by atoms with Gasteiger partial charge in [0.25, 0.3) is 21.6 Å². The minimum Gasteiger partial charge on any atom is -0.469 e. The SMILES string of the molecule is Cc1ccc(S(=O)(=O)Nc2ccc(C(=O)NCCc3ccco3)cc2)cc1[N+](=O)[O-]. The smallest absolute Gasteiger partial charge is 0.273 e. The number of sulfonamides is 1. The van der Waals surface area contributed by atoms with E-state index in [1.807, 2.05) is 6.07 Å². The van der Waals surface area contributed by atoms with Gasteiger partial charge < -0.3 is 9.73 Å². The molecule has 0 aliphatic rings. The van der Waals surface area contributed by atoms with Gasteiger partial charge in [-0.3, -0.25) is 19.6 Å². The molecule has 30 heavy (non-hydrogen) atoms. The zero-order valence-corrected chi connectivity index (χ0v) is 16.8. The first-order valence-electron chi connectivity index (χ1n) is 8.95. The number of carbonyl (C=O) groups excluding carboxylic acids is 1. The van der Waals surface area contributed by atoms with Gasteiger partial charge >= 0.3 is 0 Å². The highest BCUT2D eigenvalue weighted by molar-refractivity contribution is 7.92. The Morgan fingerprint density at radius 3 is 2.50 bits per heavy atom. The van der Waals surface area contributed by atoms with Crippen molar-refractivity contribution in [2.24, 2.45) is 0 Å². The van der Waals surface area contributed by atoms with Crippen molar-refractivity contribution in [1.82, 2.24) is 5.32 Å². The number of nitro benzene ring substituents is 1. The summed E-state index contributed by atoms with van der Waals surface area (Å²) in [4.78, 5) is 22.4. The zero-order valence-electron chi connectivity index (χ0n) is 16.0. The van der Waals surface area contributed by atoms with Crippen LogP contribution in [0.25, 0.3) is 0 Å². The van der Waals surface area contributed by atoms with E-state index in [0.29, 0.717) is 24.1 Å². The van der Waals surface area contributed by atoms with E-state index >= 15 is 0 Å². The first-order valence-corrected chi connectivity index (χ1v) is 10.4. The second kappa shape index (κ2) is 8.78. The van der Waals surface area contributed by atoms with Crippen molar-refractivity contribution in [3.63, 3.8) is 0 Å². The van der Waals surface area contributed by atoms with Crippen LogP contribution < -0.4 is 10.0 Å². The Bertz CT molecular complexity index is 1160. The summed E-state index contributed by atoms with van der Waals surface area (Å²) in [5.74, 6) is 0.460. The Kier molecular flexibility index (Phi) is 6.17. The number of carbonyl (C=O) groups is 1. The number of rotatable bonds is 8. The van der Waals surface area contributed by atoms with Gasteiger partial charge in [-0.15, -0.1) is 0 Å². The van der Waals surface area contributed by atoms with Gasteiger partial charge in [0.15, 0.2) is 0 Å². The third kappa shape index (κ3) is 5.03. The summed E-state index contributed by atoms with van der Waals surface area (Å²) >= 11 is 0. The van der Waals surface area contributed by atoms with Gasteiger partial charge in [-0.1, -0.05) is 6.07 Å². The predicted octanol–water partition coefficient (Wildman–Crippen LogP) is 3.27. The molecule has 1 amide bonds. The fraction of sp³-hybridized carbons (Fsp3) is 0.150. The van der Waals surface area contributed by atoms with Crippen LogP contribution in [0, 0.1) is 17.0 Å². The number of hydrogen-bond acceptors (Lipinski definition) is 6. The monoisotopic (exact) mass is 429 g/mol. The standard InChI is InChI=1S/C20H19N3O6S/c1-14-4-9-18(13-19(14)23(25)26)30(27,28)22-16-7-5-15(6-8-16)20(24)21-11-10-17-3-2-12-29-17/h2-9,12-13,22H,10-11H2,1H3,(H,21,24). The fourth-order valence-corrected chi connectivity index (χ4v) is 3.79. The maximum absolute atomic E-state index is 12.5. The van der Waals surface area contributed by atoms with Crippen molar-refractivity contribution in [2.75, 3.05) is 11.3 Å².